The molecule has 0 aliphatic heterocycles. The monoisotopic (exact) mass is 583 g/mol. The molecule has 0 spiro atoms. The molecule has 2 N–H and O–H groups in total. The lowest BCUT2D eigenvalue weighted by molar-refractivity contribution is 0.0472. The van der Waals surface area contributed by atoms with Crippen molar-refractivity contribution in [2.45, 2.75) is 16.4 Å². The van der Waals surface area contributed by atoms with Gasteiger partial charge in [-0.15, -0.1) is 0 Å². The van der Waals surface area contributed by atoms with Gasteiger partial charge < -0.3 is 4.74 Å². The number of rotatable bonds is 9. The van der Waals surface area contributed by atoms with Crippen LogP contribution in [0.5, 0.6) is 0 Å². The van der Waals surface area contributed by atoms with Crippen LogP contribution in [-0.2, 0) is 31.4 Å². The Hall–Kier alpha value is -4.80. The predicted octanol–water partition coefficient (Wildman–Crippen LogP) is 4.80. The number of nitriles is 1. The molecule has 40 heavy (non-hydrogen) atoms. The normalized spacial score (nSPS) is 11.3. The Morgan fingerprint density at radius 3 is 1.60 bits per heavy atom. The second-order valence-electron chi connectivity index (χ2n) is 8.30. The summed E-state index contributed by atoms with van der Waals surface area (Å²) in [4.78, 5) is 12.3. The van der Waals surface area contributed by atoms with Gasteiger partial charge >= 0.3 is 5.97 Å². The maximum atomic E-state index is 13.3. The largest absolute Gasteiger partial charge is 0.457 e. The molecule has 9 nitrogen and oxygen atoms in total. The second-order valence-corrected chi connectivity index (χ2v) is 11.7. The number of anilines is 2. The van der Waals surface area contributed by atoms with Crippen molar-refractivity contribution >= 4 is 37.4 Å². The fourth-order valence-electron chi connectivity index (χ4n) is 3.43. The van der Waals surface area contributed by atoms with Crippen molar-refractivity contribution in [2.24, 2.45) is 0 Å². The fourth-order valence-corrected chi connectivity index (χ4v) is 5.51. The predicted molar refractivity (Wildman–Crippen MR) is 141 cm³/mol. The smallest absolute Gasteiger partial charge is 0.338 e. The fraction of sp³-hybridized carbons (Fsp3) is 0.0370. The van der Waals surface area contributed by atoms with E-state index in [0.29, 0.717) is 11.1 Å². The summed E-state index contributed by atoms with van der Waals surface area (Å²) < 4.78 is 87.8. The number of sulfonamides is 2. The minimum atomic E-state index is -4.27. The van der Waals surface area contributed by atoms with E-state index < -0.39 is 37.7 Å². The highest BCUT2D eigenvalue weighted by Crippen LogP contribution is 2.26. The van der Waals surface area contributed by atoms with Crippen molar-refractivity contribution in [3.05, 3.63) is 119 Å². The first-order chi connectivity index (χ1) is 18.9. The number of esters is 1. The third-order valence-electron chi connectivity index (χ3n) is 5.37. The first kappa shape index (κ1) is 28.2. The van der Waals surface area contributed by atoms with Gasteiger partial charge in [-0.1, -0.05) is 12.1 Å². The molecule has 0 saturated heterocycles. The van der Waals surface area contributed by atoms with E-state index in [4.69, 9.17) is 10.00 Å². The summed E-state index contributed by atoms with van der Waals surface area (Å²) >= 11 is 0. The van der Waals surface area contributed by atoms with Crippen molar-refractivity contribution < 1.29 is 35.1 Å². The minimum absolute atomic E-state index is 0.188. The van der Waals surface area contributed by atoms with E-state index in [2.05, 4.69) is 9.44 Å². The molecule has 0 aliphatic carbocycles. The molecular weight excluding hydrogens is 564 g/mol. The number of benzene rings is 4. The van der Waals surface area contributed by atoms with E-state index in [-0.39, 0.29) is 33.3 Å². The van der Waals surface area contributed by atoms with Gasteiger partial charge in [-0.25, -0.2) is 30.4 Å². The SMILES string of the molecule is N#Cc1ccc(COC(=O)c2cc(NS(=O)(=O)c3ccc(F)cc3)cc(NS(=O)(=O)c3ccc(F)cc3)c2)cc1. The van der Waals surface area contributed by atoms with Gasteiger partial charge in [0.25, 0.3) is 20.0 Å². The number of halogens is 2. The van der Waals surface area contributed by atoms with Gasteiger partial charge in [-0.2, -0.15) is 5.26 Å². The molecule has 0 saturated carbocycles. The summed E-state index contributed by atoms with van der Waals surface area (Å²) in [5.74, 6) is -2.21. The number of nitrogens with one attached hydrogen (secondary N) is 2. The lowest BCUT2D eigenvalue weighted by atomic mass is 10.1. The minimum Gasteiger partial charge on any atom is -0.457 e. The zero-order valence-corrected chi connectivity index (χ0v) is 22.0. The van der Waals surface area contributed by atoms with Gasteiger partial charge in [0.05, 0.1) is 38.4 Å². The average molecular weight is 584 g/mol. The molecule has 0 fully saturated rings. The summed E-state index contributed by atoms with van der Waals surface area (Å²) in [6, 6.07) is 19.6. The van der Waals surface area contributed by atoms with Crippen LogP contribution in [0.15, 0.2) is 101 Å². The zero-order valence-electron chi connectivity index (χ0n) is 20.3. The van der Waals surface area contributed by atoms with Gasteiger partial charge in [-0.05, 0) is 84.4 Å². The highest BCUT2D eigenvalue weighted by Gasteiger charge is 2.20. The molecule has 0 atom stereocenters. The highest BCUT2D eigenvalue weighted by molar-refractivity contribution is 7.93. The summed E-state index contributed by atoms with van der Waals surface area (Å²) in [6.45, 7) is -0.188. The topological polar surface area (TPSA) is 142 Å². The van der Waals surface area contributed by atoms with Crippen molar-refractivity contribution in [3.63, 3.8) is 0 Å². The Labute approximate surface area is 228 Å². The molecule has 204 valence electrons. The van der Waals surface area contributed by atoms with Crippen molar-refractivity contribution in [2.75, 3.05) is 9.44 Å². The Bertz CT molecular complexity index is 1710. The molecule has 0 heterocycles. The second kappa shape index (κ2) is 11.5. The maximum absolute atomic E-state index is 13.3. The standard InChI is InChI=1S/C27H19F2N3O6S2/c28-21-5-9-25(10-6-21)39(34,35)31-23-13-20(27(33)38-17-19-3-1-18(16-30)2-4-19)14-24(15-23)32-40(36,37)26-11-7-22(29)8-12-26/h1-15,31-32H,17H2. The van der Waals surface area contributed by atoms with Crippen LogP contribution in [0, 0.1) is 23.0 Å². The van der Waals surface area contributed by atoms with Crippen LogP contribution in [0.2, 0.25) is 0 Å². The van der Waals surface area contributed by atoms with E-state index in [1.807, 2.05) is 6.07 Å². The molecular formula is C27H19F2N3O6S2. The van der Waals surface area contributed by atoms with Crippen LogP contribution in [0.4, 0.5) is 20.2 Å². The summed E-state index contributed by atoms with van der Waals surface area (Å²) in [6.07, 6.45) is 0. The van der Waals surface area contributed by atoms with E-state index >= 15 is 0 Å². The van der Waals surface area contributed by atoms with E-state index in [1.54, 1.807) is 12.1 Å². The van der Waals surface area contributed by atoms with E-state index in [9.17, 15) is 30.4 Å². The van der Waals surface area contributed by atoms with Gasteiger partial charge in [0.15, 0.2) is 0 Å². The number of hydrogen-bond donors (Lipinski definition) is 2. The summed E-state index contributed by atoms with van der Waals surface area (Å²) in [7, 11) is -8.53. The maximum Gasteiger partial charge on any atom is 0.338 e. The van der Waals surface area contributed by atoms with Crippen molar-refractivity contribution in [3.8, 4) is 6.07 Å². The molecule has 0 aromatic heterocycles. The molecule has 13 heteroatoms. The molecule has 0 radical (unpaired) electrons. The lowest BCUT2D eigenvalue weighted by Crippen LogP contribution is -2.16. The van der Waals surface area contributed by atoms with Crippen molar-refractivity contribution in [1.29, 1.82) is 5.26 Å². The third-order valence-corrected chi connectivity index (χ3v) is 8.17. The first-order valence-corrected chi connectivity index (χ1v) is 14.3. The van der Waals surface area contributed by atoms with Gasteiger partial charge in [0.1, 0.15) is 18.2 Å². The number of carbonyl (C=O) groups is 1. The Kier molecular flexibility index (Phi) is 8.13. The Morgan fingerprint density at radius 2 is 1.18 bits per heavy atom. The van der Waals surface area contributed by atoms with Crippen LogP contribution >= 0.6 is 0 Å². The van der Waals surface area contributed by atoms with E-state index in [0.717, 1.165) is 66.7 Å². The third kappa shape index (κ3) is 6.99. The number of nitrogens with zero attached hydrogens (tertiary/aromatic N) is 1. The lowest BCUT2D eigenvalue weighted by Gasteiger charge is -2.14. The number of carbonyl (C=O) groups excluding carboxylic acids is 1. The highest BCUT2D eigenvalue weighted by atomic mass is 32.2. The van der Waals surface area contributed by atoms with Crippen LogP contribution in [-0.4, -0.2) is 22.8 Å². The number of ether oxygens (including phenoxy) is 1. The van der Waals surface area contributed by atoms with E-state index in [1.165, 1.54) is 12.1 Å². The van der Waals surface area contributed by atoms with Gasteiger partial charge in [0.2, 0.25) is 0 Å². The molecule has 0 aliphatic rings. The molecule has 4 rings (SSSR count). The van der Waals surface area contributed by atoms with Crippen molar-refractivity contribution in [1.82, 2.24) is 0 Å². The molecule has 0 amide bonds. The summed E-state index contributed by atoms with van der Waals surface area (Å²) in [5, 5.41) is 8.91. The Balaban J connectivity index is 1.65. The zero-order chi connectivity index (χ0) is 28.9. The summed E-state index contributed by atoms with van der Waals surface area (Å²) in [5.41, 5.74) is 0.375. The first-order valence-electron chi connectivity index (χ1n) is 11.3. The van der Waals surface area contributed by atoms with Crippen LogP contribution in [0.25, 0.3) is 0 Å². The number of hydrogen-bond acceptors (Lipinski definition) is 7. The molecule has 4 aromatic rings. The average Bonchev–Trinajstić information content (AvgIpc) is 2.92. The van der Waals surface area contributed by atoms with Crippen LogP contribution in [0.1, 0.15) is 21.5 Å². The Morgan fingerprint density at radius 1 is 0.725 bits per heavy atom. The quantitative estimate of drug-likeness (QED) is 0.270. The molecule has 0 unspecified atom stereocenters. The molecule has 4 aromatic carbocycles. The van der Waals surface area contributed by atoms with Gasteiger partial charge in [-0.3, -0.25) is 9.44 Å². The molecule has 0 bridgehead atoms. The van der Waals surface area contributed by atoms with Gasteiger partial charge in [0, 0.05) is 0 Å². The van der Waals surface area contributed by atoms with Crippen LogP contribution in [0.3, 0.4) is 0 Å². The van der Waals surface area contributed by atoms with Crippen LogP contribution < -0.4 is 9.44 Å².